The summed E-state index contributed by atoms with van der Waals surface area (Å²) >= 11 is 0. The second-order valence-electron chi connectivity index (χ2n) is 13.9. The molecule has 0 fully saturated rings. The fraction of sp³-hybridized carbons (Fsp3) is 0.0800. The molecular weight excluding hydrogens is 971 g/mol. The molecule has 0 aliphatic heterocycles. The van der Waals surface area contributed by atoms with Crippen LogP contribution >= 0.6 is 14.3 Å². The Morgan fingerprint density at radius 1 is 0.597 bits per heavy atom. The van der Waals surface area contributed by atoms with E-state index in [4.69, 9.17) is 0 Å². The van der Waals surface area contributed by atoms with Crippen LogP contribution in [0, 0.1) is 39.9 Å². The molecule has 0 atom stereocenters. The largest absolute Gasteiger partial charge is 0.506 e. The second-order valence-corrected chi connectivity index (χ2v) is 19.7. The molecule has 62 heavy (non-hydrogen) atoms. The van der Waals surface area contributed by atoms with Gasteiger partial charge in [0.25, 0.3) is 11.3 Å². The van der Waals surface area contributed by atoms with E-state index in [-0.39, 0.29) is 51.9 Å². The SMILES string of the molecule is C=C(C)P(=O)(c1ccccc1)c1ccccc1.CCn1c(=O)c(C(=O)C(F)(F)F)c(O)c2ccc3ccccc3c21.O=P(c1ccccc1)(c1ccccc1)c1ccccc1.[Gd]. The van der Waals surface area contributed by atoms with Crippen molar-refractivity contribution in [2.24, 2.45) is 0 Å². The zero-order chi connectivity index (χ0) is 43.8. The molecule has 6 nitrogen and oxygen atoms in total. The van der Waals surface area contributed by atoms with E-state index in [0.29, 0.717) is 10.9 Å². The van der Waals surface area contributed by atoms with Crippen LogP contribution in [-0.4, -0.2) is 21.6 Å². The summed E-state index contributed by atoms with van der Waals surface area (Å²) in [5.41, 5.74) is -2.09. The average molecular weight is 1010 g/mol. The van der Waals surface area contributed by atoms with Crippen LogP contribution in [0.1, 0.15) is 24.2 Å². The van der Waals surface area contributed by atoms with Gasteiger partial charge in [-0.3, -0.25) is 9.59 Å². The molecule has 7 aromatic carbocycles. The fourth-order valence-corrected chi connectivity index (χ4v) is 12.1. The number of Topliss-reactive ketones (excluding diaryl/α,β-unsaturated/α-hetero) is 1. The molecule has 8 aromatic rings. The maximum absolute atomic E-state index is 13.8. The van der Waals surface area contributed by atoms with Crippen LogP contribution in [0.4, 0.5) is 13.2 Å². The molecule has 0 spiro atoms. The molecule has 0 saturated heterocycles. The summed E-state index contributed by atoms with van der Waals surface area (Å²) < 4.78 is 66.4. The maximum Gasteiger partial charge on any atom is 0.455 e. The third kappa shape index (κ3) is 9.86. The third-order valence-electron chi connectivity index (χ3n) is 10.1. The van der Waals surface area contributed by atoms with E-state index < -0.39 is 43.1 Å². The number of carbonyl (C=O) groups is 1. The fourth-order valence-electron chi connectivity index (χ4n) is 7.08. The molecule has 1 aromatic heterocycles. The summed E-state index contributed by atoms with van der Waals surface area (Å²) in [5, 5.41) is 16.6. The van der Waals surface area contributed by atoms with Crippen LogP contribution in [0.2, 0.25) is 0 Å². The molecular formula is C50H42F3GdNO5P2. The van der Waals surface area contributed by atoms with E-state index in [1.54, 1.807) is 37.3 Å². The van der Waals surface area contributed by atoms with Gasteiger partial charge in [0.05, 0.1) is 5.52 Å². The van der Waals surface area contributed by atoms with Crippen LogP contribution in [0.15, 0.2) is 205 Å². The molecule has 8 rings (SSSR count). The molecule has 0 saturated carbocycles. The number of alkyl halides is 3. The first-order valence-electron chi connectivity index (χ1n) is 19.3. The van der Waals surface area contributed by atoms with E-state index >= 15 is 0 Å². The number of hydrogen-bond donors (Lipinski definition) is 1. The van der Waals surface area contributed by atoms with Crippen molar-refractivity contribution in [3.05, 3.63) is 216 Å². The number of hydrogen-bond acceptors (Lipinski definition) is 5. The van der Waals surface area contributed by atoms with Crippen molar-refractivity contribution in [3.8, 4) is 5.75 Å². The van der Waals surface area contributed by atoms with E-state index in [9.17, 15) is 37.0 Å². The summed E-state index contributed by atoms with van der Waals surface area (Å²) in [6, 6.07) is 58.3. The van der Waals surface area contributed by atoms with Gasteiger partial charge >= 0.3 is 6.18 Å². The molecule has 1 heterocycles. The number of pyridine rings is 1. The minimum Gasteiger partial charge on any atom is -0.506 e. The van der Waals surface area contributed by atoms with Crippen molar-refractivity contribution in [2.75, 3.05) is 0 Å². The number of carbonyl (C=O) groups excluding carboxylic acids is 1. The summed E-state index contributed by atoms with van der Waals surface area (Å²) in [6.07, 6.45) is -5.24. The Labute approximate surface area is 390 Å². The monoisotopic (exact) mass is 1010 g/mol. The van der Waals surface area contributed by atoms with Crippen molar-refractivity contribution in [3.63, 3.8) is 0 Å². The van der Waals surface area contributed by atoms with Gasteiger partial charge in [-0.05, 0) is 30.6 Å². The number of ketones is 1. The quantitative estimate of drug-likeness (QED) is 0.0930. The Morgan fingerprint density at radius 3 is 1.34 bits per heavy atom. The van der Waals surface area contributed by atoms with Crippen LogP contribution in [0.5, 0.6) is 5.75 Å². The summed E-state index contributed by atoms with van der Waals surface area (Å²) in [5.74, 6) is -3.28. The third-order valence-corrected chi connectivity index (χ3v) is 16.3. The van der Waals surface area contributed by atoms with Crippen molar-refractivity contribution < 1.29 is 72.1 Å². The second kappa shape index (κ2) is 20.8. The topological polar surface area (TPSA) is 93.4 Å². The van der Waals surface area contributed by atoms with Crippen molar-refractivity contribution in [1.29, 1.82) is 0 Å². The molecule has 0 unspecified atom stereocenters. The summed E-state index contributed by atoms with van der Waals surface area (Å²) in [4.78, 5) is 24.0. The smallest absolute Gasteiger partial charge is 0.455 e. The predicted octanol–water partition coefficient (Wildman–Crippen LogP) is 10.5. The number of aryl methyl sites for hydroxylation is 1. The van der Waals surface area contributed by atoms with Crippen molar-refractivity contribution in [1.82, 2.24) is 4.57 Å². The van der Waals surface area contributed by atoms with E-state index in [1.807, 2.05) is 159 Å². The molecule has 1 N–H and O–H groups in total. The van der Waals surface area contributed by atoms with Gasteiger partial charge in [-0.15, -0.1) is 0 Å². The Bertz CT molecular complexity index is 2820. The van der Waals surface area contributed by atoms with Gasteiger partial charge in [0.1, 0.15) is 11.3 Å². The Hall–Kier alpha value is -5.21. The Kier molecular flexibility index (Phi) is 16.0. The summed E-state index contributed by atoms with van der Waals surface area (Å²) in [6.45, 7) is 7.39. The molecule has 0 amide bonds. The molecule has 0 radical (unpaired) electrons. The predicted molar refractivity (Wildman–Crippen MR) is 244 cm³/mol. The van der Waals surface area contributed by atoms with Gasteiger partial charge in [-0.1, -0.05) is 189 Å². The first-order chi connectivity index (χ1) is 29.2. The first kappa shape index (κ1) is 47.8. The normalized spacial score (nSPS) is 11.3. The number of rotatable bonds is 8. The molecule has 0 aliphatic rings. The number of benzene rings is 7. The minimum atomic E-state index is -5.24. The maximum atomic E-state index is 13.8. The number of fused-ring (bicyclic) bond motifs is 3. The number of halogens is 3. The van der Waals surface area contributed by atoms with Gasteiger partial charge in [0.15, 0.2) is 14.3 Å². The van der Waals surface area contributed by atoms with E-state index in [0.717, 1.165) is 41.8 Å². The Morgan fingerprint density at radius 2 is 0.968 bits per heavy atom. The number of nitrogens with zero attached hydrogens (tertiary/aromatic N) is 1. The van der Waals surface area contributed by atoms with Gasteiger partial charge in [0.2, 0.25) is 0 Å². The van der Waals surface area contributed by atoms with Crippen LogP contribution < -0.4 is 32.1 Å². The van der Waals surface area contributed by atoms with Gasteiger partial charge in [-0.25, -0.2) is 0 Å². The zero-order valence-electron chi connectivity index (χ0n) is 33.7. The summed E-state index contributed by atoms with van der Waals surface area (Å²) in [7, 11) is -5.47. The Balaban J connectivity index is 0.000000177. The van der Waals surface area contributed by atoms with Crippen LogP contribution in [0.3, 0.4) is 0 Å². The van der Waals surface area contributed by atoms with Crippen molar-refractivity contribution >= 4 is 68.3 Å². The average Bonchev–Trinajstić information content (AvgIpc) is 3.30. The van der Waals surface area contributed by atoms with Crippen LogP contribution in [-0.2, 0) is 15.7 Å². The number of allylic oxidation sites excluding steroid dienone is 1. The number of aromatic nitrogens is 1. The zero-order valence-corrected chi connectivity index (χ0v) is 37.8. The molecule has 0 aliphatic carbocycles. The molecule has 0 bridgehead atoms. The first-order valence-corrected chi connectivity index (χ1v) is 22.7. The van der Waals surface area contributed by atoms with Crippen LogP contribution in [0.25, 0.3) is 21.7 Å². The van der Waals surface area contributed by atoms with Gasteiger partial charge in [-0.2, -0.15) is 13.2 Å². The minimum absolute atomic E-state index is 0. The van der Waals surface area contributed by atoms with E-state index in [2.05, 4.69) is 6.58 Å². The standard InChI is InChI=1S/C18H15OP.C17H12F3NO3.C15H15OP.Gd/c19-20(16-10-4-1-5-11-16,17-12-6-2-7-13-17)18-14-8-3-9-15-18;1-2-21-13-10-6-4-3-5-9(10)7-8-11(13)14(22)12(16(21)24)15(23)17(18,19)20;1-13(2)17(16,14-9-5-3-6-10-14)15-11-7-4-8-12-15;/h1-15H;3-8,22H,2H2,1H3;3-12H,1H2,2H3;. The van der Waals surface area contributed by atoms with Gasteiger partial charge in [0, 0.05) is 83.8 Å². The van der Waals surface area contributed by atoms with Crippen molar-refractivity contribution in [2.45, 2.75) is 26.6 Å². The van der Waals surface area contributed by atoms with Gasteiger partial charge < -0.3 is 18.8 Å². The molecule has 316 valence electrons. The van der Waals surface area contributed by atoms with E-state index in [1.165, 1.54) is 6.07 Å². The molecule has 12 heteroatoms. The number of aromatic hydroxyl groups is 1.